The standard InChI is InChI=1S/C12H13BrN2/c1-15-11-5-6-14-7-9(11)8-3-2-4-10(13)12(8)15/h2-4,14H,5-7H2,1H3. The van der Waals surface area contributed by atoms with Gasteiger partial charge in [0.15, 0.2) is 0 Å². The molecule has 2 aromatic rings. The molecule has 0 atom stereocenters. The van der Waals surface area contributed by atoms with Gasteiger partial charge in [0, 0.05) is 42.1 Å². The molecule has 78 valence electrons. The molecule has 0 saturated heterocycles. The van der Waals surface area contributed by atoms with Gasteiger partial charge in [-0.2, -0.15) is 0 Å². The molecular formula is C12H13BrN2. The highest BCUT2D eigenvalue weighted by atomic mass is 79.9. The largest absolute Gasteiger partial charge is 0.346 e. The number of halogens is 1. The number of fused-ring (bicyclic) bond motifs is 3. The van der Waals surface area contributed by atoms with Crippen molar-refractivity contribution in [2.75, 3.05) is 6.54 Å². The lowest BCUT2D eigenvalue weighted by atomic mass is 10.1. The van der Waals surface area contributed by atoms with Gasteiger partial charge in [0.05, 0.1) is 5.52 Å². The second-order valence-electron chi connectivity index (χ2n) is 4.05. The lowest BCUT2D eigenvalue weighted by molar-refractivity contribution is 0.622. The molecule has 0 bridgehead atoms. The molecule has 0 spiro atoms. The number of nitrogens with one attached hydrogen (secondary N) is 1. The molecule has 1 aromatic heterocycles. The Labute approximate surface area is 97.4 Å². The fraction of sp³-hybridized carbons (Fsp3) is 0.333. The summed E-state index contributed by atoms with van der Waals surface area (Å²) in [5.74, 6) is 0. The van der Waals surface area contributed by atoms with Crippen molar-refractivity contribution in [2.45, 2.75) is 13.0 Å². The van der Waals surface area contributed by atoms with Crippen molar-refractivity contribution < 1.29 is 0 Å². The third kappa shape index (κ3) is 1.26. The molecule has 0 amide bonds. The maximum Gasteiger partial charge on any atom is 0.0627 e. The number of hydrogen-bond acceptors (Lipinski definition) is 1. The van der Waals surface area contributed by atoms with E-state index in [0.29, 0.717) is 0 Å². The first-order valence-electron chi connectivity index (χ1n) is 5.24. The SMILES string of the molecule is Cn1c2c(c3cccc(Br)c31)CNCC2. The molecule has 3 heteroatoms. The third-order valence-corrected chi connectivity index (χ3v) is 3.88. The average molecular weight is 265 g/mol. The Morgan fingerprint density at radius 1 is 1.40 bits per heavy atom. The summed E-state index contributed by atoms with van der Waals surface area (Å²) in [6, 6.07) is 6.44. The first kappa shape index (κ1) is 9.43. The lowest BCUT2D eigenvalue weighted by Gasteiger charge is -2.14. The number of rotatable bonds is 0. The molecular weight excluding hydrogens is 252 g/mol. The van der Waals surface area contributed by atoms with E-state index in [0.717, 1.165) is 19.5 Å². The number of hydrogen-bond donors (Lipinski definition) is 1. The summed E-state index contributed by atoms with van der Waals surface area (Å²) >= 11 is 3.63. The van der Waals surface area contributed by atoms with Crippen LogP contribution in [0.4, 0.5) is 0 Å². The fourth-order valence-corrected chi connectivity index (χ4v) is 3.16. The quantitative estimate of drug-likeness (QED) is 0.774. The Morgan fingerprint density at radius 2 is 2.27 bits per heavy atom. The minimum Gasteiger partial charge on any atom is -0.346 e. The van der Waals surface area contributed by atoms with Crippen LogP contribution in [-0.4, -0.2) is 11.1 Å². The predicted octanol–water partition coefficient (Wildman–Crippen LogP) is 2.59. The molecule has 15 heavy (non-hydrogen) atoms. The van der Waals surface area contributed by atoms with Crippen LogP contribution < -0.4 is 5.32 Å². The van der Waals surface area contributed by atoms with Gasteiger partial charge in [0.25, 0.3) is 0 Å². The van der Waals surface area contributed by atoms with E-state index in [1.807, 2.05) is 0 Å². The Morgan fingerprint density at radius 3 is 3.13 bits per heavy atom. The molecule has 0 aliphatic carbocycles. The van der Waals surface area contributed by atoms with Crippen LogP contribution in [0.3, 0.4) is 0 Å². The van der Waals surface area contributed by atoms with E-state index in [9.17, 15) is 0 Å². The van der Waals surface area contributed by atoms with E-state index in [4.69, 9.17) is 0 Å². The summed E-state index contributed by atoms with van der Waals surface area (Å²) in [7, 11) is 2.16. The summed E-state index contributed by atoms with van der Waals surface area (Å²) in [4.78, 5) is 0. The van der Waals surface area contributed by atoms with Crippen LogP contribution in [0.25, 0.3) is 10.9 Å². The van der Waals surface area contributed by atoms with Gasteiger partial charge in [-0.1, -0.05) is 12.1 Å². The van der Waals surface area contributed by atoms with Gasteiger partial charge in [-0.05, 0) is 27.6 Å². The molecule has 1 aromatic carbocycles. The highest BCUT2D eigenvalue weighted by molar-refractivity contribution is 9.10. The number of nitrogens with zero attached hydrogens (tertiary/aromatic N) is 1. The molecule has 1 aliphatic heterocycles. The smallest absolute Gasteiger partial charge is 0.0627 e. The third-order valence-electron chi connectivity index (χ3n) is 3.24. The van der Waals surface area contributed by atoms with Crippen molar-refractivity contribution in [1.29, 1.82) is 0 Å². The molecule has 2 nitrogen and oxygen atoms in total. The van der Waals surface area contributed by atoms with E-state index in [-0.39, 0.29) is 0 Å². The molecule has 2 heterocycles. The van der Waals surface area contributed by atoms with Gasteiger partial charge in [-0.25, -0.2) is 0 Å². The Hall–Kier alpha value is -0.800. The Kier molecular flexibility index (Phi) is 2.11. The number of aryl methyl sites for hydroxylation is 1. The summed E-state index contributed by atoms with van der Waals surface area (Å²) in [5.41, 5.74) is 4.28. The van der Waals surface area contributed by atoms with Gasteiger partial charge < -0.3 is 9.88 Å². The maximum atomic E-state index is 3.63. The van der Waals surface area contributed by atoms with Crippen molar-refractivity contribution in [3.8, 4) is 0 Å². The van der Waals surface area contributed by atoms with Crippen LogP contribution >= 0.6 is 15.9 Å². The summed E-state index contributed by atoms with van der Waals surface area (Å²) in [5, 5.41) is 4.82. The van der Waals surface area contributed by atoms with Crippen LogP contribution in [0.15, 0.2) is 22.7 Å². The molecule has 0 saturated carbocycles. The van der Waals surface area contributed by atoms with Crippen molar-refractivity contribution in [2.24, 2.45) is 7.05 Å². The molecule has 1 aliphatic rings. The zero-order chi connectivity index (χ0) is 10.4. The number of aromatic nitrogens is 1. The normalized spacial score (nSPS) is 15.6. The molecule has 0 unspecified atom stereocenters. The monoisotopic (exact) mass is 264 g/mol. The average Bonchev–Trinajstić information content (AvgIpc) is 2.55. The zero-order valence-corrected chi connectivity index (χ0v) is 10.3. The Balaban J connectivity index is 2.44. The van der Waals surface area contributed by atoms with Crippen LogP contribution in [-0.2, 0) is 20.0 Å². The van der Waals surface area contributed by atoms with Gasteiger partial charge in [0.1, 0.15) is 0 Å². The van der Waals surface area contributed by atoms with Gasteiger partial charge in [-0.15, -0.1) is 0 Å². The molecule has 0 radical (unpaired) electrons. The second kappa shape index (κ2) is 3.35. The number of para-hydroxylation sites is 1. The predicted molar refractivity (Wildman–Crippen MR) is 66.0 cm³/mol. The minimum atomic E-state index is 1.00. The Bertz CT molecular complexity index is 528. The van der Waals surface area contributed by atoms with Crippen LogP contribution in [0.2, 0.25) is 0 Å². The van der Waals surface area contributed by atoms with Crippen molar-refractivity contribution in [3.63, 3.8) is 0 Å². The van der Waals surface area contributed by atoms with Crippen molar-refractivity contribution >= 4 is 26.8 Å². The highest BCUT2D eigenvalue weighted by Crippen LogP contribution is 2.32. The second-order valence-corrected chi connectivity index (χ2v) is 4.90. The topological polar surface area (TPSA) is 17.0 Å². The van der Waals surface area contributed by atoms with Gasteiger partial charge in [0.2, 0.25) is 0 Å². The van der Waals surface area contributed by atoms with Crippen LogP contribution in [0.5, 0.6) is 0 Å². The molecule has 0 fully saturated rings. The molecule has 1 N–H and O–H groups in total. The van der Waals surface area contributed by atoms with E-state index in [1.165, 1.54) is 26.6 Å². The maximum absolute atomic E-state index is 3.63. The van der Waals surface area contributed by atoms with Crippen molar-refractivity contribution in [1.82, 2.24) is 9.88 Å². The first-order valence-corrected chi connectivity index (χ1v) is 6.03. The van der Waals surface area contributed by atoms with E-state index in [1.54, 1.807) is 0 Å². The first-order chi connectivity index (χ1) is 7.29. The van der Waals surface area contributed by atoms with Crippen molar-refractivity contribution in [3.05, 3.63) is 33.9 Å². The van der Waals surface area contributed by atoms with E-state index < -0.39 is 0 Å². The van der Waals surface area contributed by atoms with Crippen LogP contribution in [0.1, 0.15) is 11.3 Å². The van der Waals surface area contributed by atoms with Crippen LogP contribution in [0, 0.1) is 0 Å². The van der Waals surface area contributed by atoms with E-state index >= 15 is 0 Å². The fourth-order valence-electron chi connectivity index (χ4n) is 2.53. The summed E-state index contributed by atoms with van der Waals surface area (Å²) < 4.78 is 3.52. The number of benzene rings is 1. The van der Waals surface area contributed by atoms with Gasteiger partial charge >= 0.3 is 0 Å². The minimum absolute atomic E-state index is 1.00. The van der Waals surface area contributed by atoms with E-state index in [2.05, 4.69) is 51.1 Å². The lowest BCUT2D eigenvalue weighted by Crippen LogP contribution is -2.24. The summed E-state index contributed by atoms with van der Waals surface area (Å²) in [6.07, 6.45) is 1.13. The highest BCUT2D eigenvalue weighted by Gasteiger charge is 2.18. The summed E-state index contributed by atoms with van der Waals surface area (Å²) in [6.45, 7) is 2.10. The van der Waals surface area contributed by atoms with Gasteiger partial charge in [-0.3, -0.25) is 0 Å². The molecule has 3 rings (SSSR count). The zero-order valence-electron chi connectivity index (χ0n) is 8.68.